The van der Waals surface area contributed by atoms with Gasteiger partial charge >= 0.3 is 0 Å². The van der Waals surface area contributed by atoms with E-state index in [4.69, 9.17) is 27.9 Å². The quantitative estimate of drug-likeness (QED) is 0.608. The molecule has 116 valence electrons. The van der Waals surface area contributed by atoms with E-state index in [1.807, 2.05) is 18.6 Å². The zero-order valence-corrected chi connectivity index (χ0v) is 14.0. The largest absolute Gasteiger partial charge is 0.490 e. The first kappa shape index (κ1) is 18.1. The average molecular weight is 350 g/mol. The first-order valence-electron chi connectivity index (χ1n) is 6.80. The van der Waals surface area contributed by atoms with Crippen LogP contribution in [0, 0.1) is 0 Å². The van der Waals surface area contributed by atoms with E-state index < -0.39 is 0 Å². The van der Waals surface area contributed by atoms with Crippen LogP contribution in [0.3, 0.4) is 0 Å². The Hall–Kier alpha value is -0.900. The Bertz CT molecular complexity index is 497. The molecule has 2 rings (SSSR count). The van der Waals surface area contributed by atoms with Crippen LogP contribution in [0.2, 0.25) is 10.0 Å². The van der Waals surface area contributed by atoms with Crippen molar-refractivity contribution in [1.29, 1.82) is 0 Å². The molecular weight excluding hydrogens is 331 g/mol. The summed E-state index contributed by atoms with van der Waals surface area (Å²) >= 11 is 12.1. The first-order chi connectivity index (χ1) is 9.77. The third-order valence-corrected chi connectivity index (χ3v) is 3.63. The van der Waals surface area contributed by atoms with Crippen LogP contribution in [-0.2, 0) is 6.54 Å². The maximum Gasteiger partial charge on any atom is 0.156 e. The summed E-state index contributed by atoms with van der Waals surface area (Å²) in [6.07, 6.45) is 10.1. The Morgan fingerprint density at radius 2 is 1.76 bits per heavy atom. The Morgan fingerprint density at radius 3 is 2.43 bits per heavy atom. The van der Waals surface area contributed by atoms with Gasteiger partial charge in [0.15, 0.2) is 5.75 Å². The van der Waals surface area contributed by atoms with E-state index in [9.17, 15) is 0 Å². The van der Waals surface area contributed by atoms with Crippen LogP contribution in [-0.4, -0.2) is 16.2 Å². The molecule has 0 saturated heterocycles. The van der Waals surface area contributed by atoms with Gasteiger partial charge in [-0.05, 0) is 25.0 Å². The van der Waals surface area contributed by atoms with Crippen molar-refractivity contribution in [3.8, 4) is 5.75 Å². The molecule has 0 fully saturated rings. The second-order valence-corrected chi connectivity index (χ2v) is 5.43. The van der Waals surface area contributed by atoms with E-state index in [0.717, 1.165) is 25.8 Å². The summed E-state index contributed by atoms with van der Waals surface area (Å²) in [6.45, 7) is 1.67. The molecule has 0 unspecified atom stereocenters. The SMILES string of the molecule is Cl.Clc1cccc(Cl)c1OCCCCCCn1ccnc1. The van der Waals surface area contributed by atoms with Crippen LogP contribution in [0.25, 0.3) is 0 Å². The lowest BCUT2D eigenvalue weighted by Gasteiger charge is -2.09. The molecule has 0 spiro atoms. The lowest BCUT2D eigenvalue weighted by Crippen LogP contribution is -1.99. The Labute approximate surface area is 141 Å². The number of aromatic nitrogens is 2. The number of para-hydroxylation sites is 1. The molecule has 0 bridgehead atoms. The lowest BCUT2D eigenvalue weighted by molar-refractivity contribution is 0.304. The standard InChI is InChI=1S/C15H18Cl2N2O.ClH/c16-13-6-5-7-14(17)15(13)20-11-4-2-1-3-9-19-10-8-18-12-19;/h5-8,10,12H,1-4,9,11H2;1H. The molecule has 1 aromatic heterocycles. The average Bonchev–Trinajstić information content (AvgIpc) is 2.93. The maximum atomic E-state index is 6.03. The van der Waals surface area contributed by atoms with Crippen LogP contribution in [0.5, 0.6) is 5.75 Å². The molecule has 0 radical (unpaired) electrons. The predicted molar refractivity (Wildman–Crippen MR) is 89.9 cm³/mol. The van der Waals surface area contributed by atoms with Gasteiger partial charge in [0.05, 0.1) is 23.0 Å². The van der Waals surface area contributed by atoms with Crippen LogP contribution in [0.1, 0.15) is 25.7 Å². The highest BCUT2D eigenvalue weighted by molar-refractivity contribution is 6.37. The minimum Gasteiger partial charge on any atom is -0.490 e. The molecule has 3 nitrogen and oxygen atoms in total. The van der Waals surface area contributed by atoms with Gasteiger partial charge in [0, 0.05) is 18.9 Å². The van der Waals surface area contributed by atoms with Gasteiger partial charge in [-0.3, -0.25) is 0 Å². The van der Waals surface area contributed by atoms with Crippen molar-refractivity contribution in [2.75, 3.05) is 6.61 Å². The topological polar surface area (TPSA) is 27.1 Å². The third kappa shape index (κ3) is 6.16. The molecule has 0 aliphatic heterocycles. The van der Waals surface area contributed by atoms with Gasteiger partial charge in [-0.15, -0.1) is 12.4 Å². The Kier molecular flexibility index (Phi) is 8.58. The maximum absolute atomic E-state index is 6.03. The fraction of sp³-hybridized carbons (Fsp3) is 0.400. The summed E-state index contributed by atoms with van der Waals surface area (Å²) in [7, 11) is 0. The number of rotatable bonds is 8. The molecule has 1 aromatic carbocycles. The second-order valence-electron chi connectivity index (χ2n) is 4.61. The van der Waals surface area contributed by atoms with E-state index >= 15 is 0 Å². The molecule has 0 aliphatic carbocycles. The van der Waals surface area contributed by atoms with Crippen molar-refractivity contribution in [3.05, 3.63) is 47.0 Å². The van der Waals surface area contributed by atoms with E-state index in [-0.39, 0.29) is 12.4 Å². The normalized spacial score (nSPS) is 10.2. The molecule has 0 atom stereocenters. The van der Waals surface area contributed by atoms with Crippen LogP contribution in [0.15, 0.2) is 36.9 Å². The van der Waals surface area contributed by atoms with Crippen molar-refractivity contribution in [1.82, 2.24) is 9.55 Å². The molecule has 0 amide bonds. The highest BCUT2D eigenvalue weighted by Gasteiger charge is 2.05. The van der Waals surface area contributed by atoms with E-state index in [1.54, 1.807) is 18.3 Å². The first-order valence-corrected chi connectivity index (χ1v) is 7.55. The van der Waals surface area contributed by atoms with Gasteiger partial charge in [0.1, 0.15) is 0 Å². The summed E-state index contributed by atoms with van der Waals surface area (Å²) in [5.41, 5.74) is 0. The molecule has 1 heterocycles. The van der Waals surface area contributed by atoms with Gasteiger partial charge in [0.25, 0.3) is 0 Å². The van der Waals surface area contributed by atoms with Crippen molar-refractivity contribution < 1.29 is 4.74 Å². The number of hydrogen-bond donors (Lipinski definition) is 0. The van der Waals surface area contributed by atoms with Crippen molar-refractivity contribution in [2.24, 2.45) is 0 Å². The fourth-order valence-electron chi connectivity index (χ4n) is 1.96. The number of nitrogens with zero attached hydrogens (tertiary/aromatic N) is 2. The zero-order valence-electron chi connectivity index (χ0n) is 11.7. The minimum absolute atomic E-state index is 0. The van der Waals surface area contributed by atoms with E-state index in [0.29, 0.717) is 22.4 Å². The second kappa shape index (κ2) is 9.93. The number of ether oxygens (including phenoxy) is 1. The van der Waals surface area contributed by atoms with Crippen LogP contribution >= 0.6 is 35.6 Å². The lowest BCUT2D eigenvalue weighted by atomic mass is 10.2. The van der Waals surface area contributed by atoms with Crippen LogP contribution in [0.4, 0.5) is 0 Å². The van der Waals surface area contributed by atoms with Crippen molar-refractivity contribution in [3.63, 3.8) is 0 Å². The predicted octanol–water partition coefficient (Wildman–Crippen LogP) is 5.25. The molecule has 21 heavy (non-hydrogen) atoms. The van der Waals surface area contributed by atoms with E-state index in [2.05, 4.69) is 9.55 Å². The van der Waals surface area contributed by atoms with Gasteiger partial charge in [0.2, 0.25) is 0 Å². The highest BCUT2D eigenvalue weighted by Crippen LogP contribution is 2.32. The number of unbranched alkanes of at least 4 members (excludes halogenated alkanes) is 3. The summed E-state index contributed by atoms with van der Waals surface area (Å²) in [5, 5.41) is 1.13. The molecule has 6 heteroatoms. The molecule has 0 N–H and O–H groups in total. The number of imidazole rings is 1. The number of halogens is 3. The number of benzene rings is 1. The van der Waals surface area contributed by atoms with E-state index in [1.165, 1.54) is 6.42 Å². The number of hydrogen-bond acceptors (Lipinski definition) is 2. The minimum atomic E-state index is 0. The zero-order chi connectivity index (χ0) is 14.2. The van der Waals surface area contributed by atoms with Gasteiger partial charge in [-0.2, -0.15) is 0 Å². The third-order valence-electron chi connectivity index (χ3n) is 3.04. The van der Waals surface area contributed by atoms with Gasteiger partial charge in [-0.25, -0.2) is 4.98 Å². The monoisotopic (exact) mass is 348 g/mol. The van der Waals surface area contributed by atoms with Gasteiger partial charge in [-0.1, -0.05) is 42.1 Å². The Balaban J connectivity index is 0.00000220. The molecular formula is C15H19Cl3N2O. The Morgan fingerprint density at radius 1 is 1.05 bits per heavy atom. The van der Waals surface area contributed by atoms with Crippen LogP contribution < -0.4 is 4.74 Å². The summed E-state index contributed by atoms with van der Waals surface area (Å²) in [5.74, 6) is 0.592. The molecule has 0 aliphatic rings. The van der Waals surface area contributed by atoms with Crippen molar-refractivity contribution in [2.45, 2.75) is 32.2 Å². The molecule has 0 saturated carbocycles. The van der Waals surface area contributed by atoms with Gasteiger partial charge < -0.3 is 9.30 Å². The van der Waals surface area contributed by atoms with Crippen molar-refractivity contribution >= 4 is 35.6 Å². The fourth-order valence-corrected chi connectivity index (χ4v) is 2.47. The summed E-state index contributed by atoms with van der Waals surface area (Å²) in [4.78, 5) is 4.02. The summed E-state index contributed by atoms with van der Waals surface area (Å²) < 4.78 is 7.74. The summed E-state index contributed by atoms with van der Waals surface area (Å²) in [6, 6.07) is 5.38. The molecule has 2 aromatic rings. The smallest absolute Gasteiger partial charge is 0.156 e. The number of aryl methyl sites for hydroxylation is 1. The highest BCUT2D eigenvalue weighted by atomic mass is 35.5.